The molecule has 3 N–H and O–H groups in total. The summed E-state index contributed by atoms with van der Waals surface area (Å²) in [6.45, 7) is 0.0966. The number of carbonyl (C=O) groups is 1. The van der Waals surface area contributed by atoms with E-state index in [2.05, 4.69) is 15.3 Å². The summed E-state index contributed by atoms with van der Waals surface area (Å²) in [5.41, 5.74) is 8.37. The van der Waals surface area contributed by atoms with E-state index < -0.39 is 17.8 Å². The number of fused-ring (bicyclic) bond motifs is 1. The molecule has 6 nitrogen and oxygen atoms in total. The number of hydrogen-bond donors (Lipinski definition) is 2. The van der Waals surface area contributed by atoms with Crippen LogP contribution in [0.2, 0.25) is 0 Å². The van der Waals surface area contributed by atoms with Gasteiger partial charge in [0.1, 0.15) is 17.3 Å². The molecular weight excluding hydrogens is 476 g/mol. The lowest BCUT2D eigenvalue weighted by molar-refractivity contribution is -0.137. The van der Waals surface area contributed by atoms with Crippen LogP contribution in [0, 0.1) is 5.82 Å². The minimum atomic E-state index is -4.44. The minimum absolute atomic E-state index is 0.00680. The van der Waals surface area contributed by atoms with Gasteiger partial charge >= 0.3 is 12.3 Å². The van der Waals surface area contributed by atoms with Gasteiger partial charge in [-0.3, -0.25) is 4.99 Å². The Hall–Kier alpha value is -3.95. The lowest BCUT2D eigenvalue weighted by Gasteiger charge is -2.13. The second-order valence-corrected chi connectivity index (χ2v) is 8.41. The highest BCUT2D eigenvalue weighted by Gasteiger charge is 2.30. The number of ether oxygens (including phenoxy) is 1. The van der Waals surface area contributed by atoms with E-state index in [9.17, 15) is 22.4 Å². The lowest BCUT2D eigenvalue weighted by Crippen LogP contribution is -2.24. The number of pyridine rings is 1. The van der Waals surface area contributed by atoms with E-state index in [1.807, 2.05) is 6.07 Å². The molecular formula is C26H24F4N4O2. The standard InChI is InChI=1S/C26H24F4N4O2/c27-20-9-4-7-17(12-20)22-13-21-18(15-32-23(21)24(31)34-22)6-1-2-10-36-25(35)33-14-16-5-3-8-19(11-16)26(28,29)30/h3-5,7-9,11-13,15,18H,1-2,6,10,14H2,(H2,31,34)(H,33,35). The molecule has 1 amide bonds. The highest BCUT2D eigenvalue weighted by molar-refractivity contribution is 5.86. The summed E-state index contributed by atoms with van der Waals surface area (Å²) in [6, 6.07) is 12.8. The van der Waals surface area contributed by atoms with Gasteiger partial charge in [-0.25, -0.2) is 14.2 Å². The zero-order chi connectivity index (χ0) is 25.7. The Morgan fingerprint density at radius 1 is 1.08 bits per heavy atom. The van der Waals surface area contributed by atoms with Crippen molar-refractivity contribution in [2.75, 3.05) is 12.3 Å². The van der Waals surface area contributed by atoms with E-state index >= 15 is 0 Å². The molecule has 1 aromatic heterocycles. The molecule has 36 heavy (non-hydrogen) atoms. The van der Waals surface area contributed by atoms with Crippen molar-refractivity contribution in [1.29, 1.82) is 0 Å². The molecule has 0 fully saturated rings. The average molecular weight is 500 g/mol. The molecule has 0 radical (unpaired) electrons. The smallest absolute Gasteiger partial charge is 0.416 e. The van der Waals surface area contributed by atoms with Crippen molar-refractivity contribution in [1.82, 2.24) is 10.3 Å². The van der Waals surface area contributed by atoms with Gasteiger partial charge in [-0.15, -0.1) is 0 Å². The van der Waals surface area contributed by atoms with Crippen LogP contribution in [0.15, 0.2) is 59.6 Å². The largest absolute Gasteiger partial charge is 0.450 e. The highest BCUT2D eigenvalue weighted by atomic mass is 19.4. The minimum Gasteiger partial charge on any atom is -0.450 e. The molecule has 188 valence electrons. The number of aliphatic imine (C=N–C) groups is 1. The number of rotatable bonds is 8. The lowest BCUT2D eigenvalue weighted by atomic mass is 9.94. The van der Waals surface area contributed by atoms with Crippen LogP contribution < -0.4 is 11.1 Å². The second kappa shape index (κ2) is 10.8. The molecule has 0 saturated carbocycles. The number of nitrogens with zero attached hydrogens (tertiary/aromatic N) is 2. The van der Waals surface area contributed by atoms with Crippen LogP contribution in [0.3, 0.4) is 0 Å². The van der Waals surface area contributed by atoms with E-state index in [1.165, 1.54) is 24.3 Å². The molecule has 2 heterocycles. The molecule has 4 rings (SSSR count). The van der Waals surface area contributed by atoms with Crippen LogP contribution in [0.5, 0.6) is 0 Å². The zero-order valence-electron chi connectivity index (χ0n) is 19.2. The number of amides is 1. The maximum Gasteiger partial charge on any atom is 0.416 e. The summed E-state index contributed by atoms with van der Waals surface area (Å²) in [7, 11) is 0. The van der Waals surface area contributed by atoms with Gasteiger partial charge in [-0.1, -0.05) is 24.3 Å². The van der Waals surface area contributed by atoms with E-state index in [0.717, 1.165) is 30.5 Å². The van der Waals surface area contributed by atoms with Gasteiger partial charge in [-0.05, 0) is 60.7 Å². The van der Waals surface area contributed by atoms with Crippen LogP contribution in [0.4, 0.5) is 33.9 Å². The molecule has 1 aliphatic heterocycles. The number of nitrogen functional groups attached to an aromatic ring is 1. The Morgan fingerprint density at radius 2 is 1.89 bits per heavy atom. The van der Waals surface area contributed by atoms with Crippen LogP contribution in [0.1, 0.15) is 41.9 Å². The van der Waals surface area contributed by atoms with Crippen molar-refractivity contribution >= 4 is 23.8 Å². The third-order valence-corrected chi connectivity index (χ3v) is 5.79. The number of unbranched alkanes of at least 4 members (excludes halogenated alkanes) is 1. The fraction of sp³-hybridized carbons (Fsp3) is 0.269. The third-order valence-electron chi connectivity index (χ3n) is 5.79. The summed E-state index contributed by atoms with van der Waals surface area (Å²) < 4.78 is 57.1. The molecule has 0 spiro atoms. The maximum absolute atomic E-state index is 13.6. The fourth-order valence-electron chi connectivity index (χ4n) is 3.99. The van der Waals surface area contributed by atoms with Gasteiger partial charge in [0.25, 0.3) is 0 Å². The van der Waals surface area contributed by atoms with Crippen molar-refractivity contribution in [3.8, 4) is 11.3 Å². The van der Waals surface area contributed by atoms with E-state index in [4.69, 9.17) is 10.5 Å². The topological polar surface area (TPSA) is 89.6 Å². The number of nitrogens with two attached hydrogens (primary N) is 1. The molecule has 3 aromatic rings. The molecule has 1 unspecified atom stereocenters. The van der Waals surface area contributed by atoms with E-state index in [0.29, 0.717) is 28.9 Å². The van der Waals surface area contributed by atoms with E-state index in [1.54, 1.807) is 18.3 Å². The van der Waals surface area contributed by atoms with Gasteiger partial charge in [0.15, 0.2) is 0 Å². The predicted octanol–water partition coefficient (Wildman–Crippen LogP) is 6.38. The van der Waals surface area contributed by atoms with Crippen molar-refractivity contribution in [3.05, 3.63) is 77.1 Å². The molecule has 1 aliphatic rings. The molecule has 10 heteroatoms. The SMILES string of the molecule is Nc1nc(-c2cccc(F)c2)cc2c1N=CC2CCCCOC(=O)NCc1cccc(C(F)(F)F)c1. The van der Waals surface area contributed by atoms with Gasteiger partial charge in [0, 0.05) is 24.2 Å². The normalized spacial score (nSPS) is 14.5. The fourth-order valence-corrected chi connectivity index (χ4v) is 3.99. The Kier molecular flexibility index (Phi) is 7.52. The molecule has 2 aromatic carbocycles. The zero-order valence-corrected chi connectivity index (χ0v) is 19.2. The first kappa shape index (κ1) is 25.2. The molecule has 0 saturated heterocycles. The van der Waals surface area contributed by atoms with Crippen molar-refractivity contribution in [2.45, 2.75) is 37.9 Å². The number of alkyl carbamates (subject to hydrolysis) is 1. The summed E-state index contributed by atoms with van der Waals surface area (Å²) >= 11 is 0. The van der Waals surface area contributed by atoms with Crippen LogP contribution >= 0.6 is 0 Å². The first-order valence-electron chi connectivity index (χ1n) is 11.4. The average Bonchev–Trinajstić information content (AvgIpc) is 3.26. The van der Waals surface area contributed by atoms with Crippen LogP contribution in [-0.2, 0) is 17.5 Å². The van der Waals surface area contributed by atoms with Crippen molar-refractivity contribution in [2.24, 2.45) is 4.99 Å². The molecule has 0 bridgehead atoms. The van der Waals surface area contributed by atoms with Gasteiger partial charge in [0.2, 0.25) is 0 Å². The highest BCUT2D eigenvalue weighted by Crippen LogP contribution is 2.40. The number of aromatic nitrogens is 1. The number of alkyl halides is 3. The predicted molar refractivity (Wildman–Crippen MR) is 128 cm³/mol. The second-order valence-electron chi connectivity index (χ2n) is 8.41. The summed E-state index contributed by atoms with van der Waals surface area (Å²) in [5.74, 6) is -0.0707. The van der Waals surface area contributed by atoms with Crippen LogP contribution in [0.25, 0.3) is 11.3 Å². The Morgan fingerprint density at radius 3 is 2.67 bits per heavy atom. The van der Waals surface area contributed by atoms with Gasteiger partial charge < -0.3 is 15.8 Å². The van der Waals surface area contributed by atoms with Gasteiger partial charge in [-0.2, -0.15) is 13.2 Å². The summed E-state index contributed by atoms with van der Waals surface area (Å²) in [5, 5.41) is 2.46. The van der Waals surface area contributed by atoms with Gasteiger partial charge in [0.05, 0.1) is 17.9 Å². The molecule has 1 atom stereocenters. The summed E-state index contributed by atoms with van der Waals surface area (Å²) in [4.78, 5) is 20.6. The number of carbonyl (C=O) groups excluding carboxylic acids is 1. The monoisotopic (exact) mass is 500 g/mol. The van der Waals surface area contributed by atoms with E-state index in [-0.39, 0.29) is 30.7 Å². The summed E-state index contributed by atoms with van der Waals surface area (Å²) in [6.07, 6.45) is -1.27. The van der Waals surface area contributed by atoms with Crippen molar-refractivity contribution in [3.63, 3.8) is 0 Å². The third kappa shape index (κ3) is 6.18. The first-order valence-corrected chi connectivity index (χ1v) is 11.4. The maximum atomic E-state index is 13.6. The Bertz CT molecular complexity index is 1280. The number of nitrogens with one attached hydrogen (secondary N) is 1. The number of halogens is 4. The number of hydrogen-bond acceptors (Lipinski definition) is 5. The Labute approximate surface area is 205 Å². The quantitative estimate of drug-likeness (QED) is 0.277. The van der Waals surface area contributed by atoms with Crippen LogP contribution in [-0.4, -0.2) is 23.9 Å². The number of benzene rings is 2. The Balaban J connectivity index is 1.23. The first-order chi connectivity index (χ1) is 17.2. The molecule has 0 aliphatic carbocycles. The number of anilines is 1. The van der Waals surface area contributed by atoms with Crippen molar-refractivity contribution < 1.29 is 27.1 Å².